The molecule has 0 aliphatic rings. The van der Waals surface area contributed by atoms with E-state index in [-0.39, 0.29) is 38.4 Å². The second kappa shape index (κ2) is 7.40. The molecule has 0 bridgehead atoms. The third-order valence-electron chi connectivity index (χ3n) is 3.73. The van der Waals surface area contributed by atoms with E-state index in [2.05, 4.69) is 21.5 Å². The van der Waals surface area contributed by atoms with Crippen molar-refractivity contribution < 1.29 is 46.8 Å². The van der Waals surface area contributed by atoms with Gasteiger partial charge in [-0.2, -0.15) is 18.2 Å². The van der Waals surface area contributed by atoms with E-state index in [1.54, 1.807) is 13.0 Å². The molecule has 0 saturated heterocycles. The van der Waals surface area contributed by atoms with Gasteiger partial charge in [0.05, 0.1) is 12.8 Å². The number of nitrogens with zero attached hydrogens (tertiary/aromatic N) is 2. The Labute approximate surface area is 164 Å². The molecule has 0 saturated carbocycles. The number of hydrogen-bond acceptors (Lipinski definition) is 6. The van der Waals surface area contributed by atoms with Crippen molar-refractivity contribution in [2.24, 2.45) is 0 Å². The van der Waals surface area contributed by atoms with Crippen LogP contribution in [0.15, 0.2) is 22.7 Å². The van der Waals surface area contributed by atoms with Crippen LogP contribution in [0.3, 0.4) is 0 Å². The molecule has 1 aromatic carbocycles. The molecule has 0 amide bonds. The number of benzene rings is 1. The van der Waals surface area contributed by atoms with Crippen molar-refractivity contribution in [3.05, 3.63) is 46.8 Å². The second-order valence-corrected chi connectivity index (χ2v) is 5.25. The van der Waals surface area contributed by atoms with Crippen molar-refractivity contribution in [3.63, 3.8) is 0 Å². The van der Waals surface area contributed by atoms with E-state index in [4.69, 9.17) is 9.26 Å². The van der Waals surface area contributed by atoms with Crippen molar-refractivity contribution in [3.8, 4) is 0 Å². The number of ether oxygens (including phenoxy) is 1. The van der Waals surface area contributed by atoms with Gasteiger partial charge in [-0.3, -0.25) is 0 Å². The Morgan fingerprint density at radius 3 is 2.71 bits per heavy atom. The van der Waals surface area contributed by atoms with Gasteiger partial charge in [-0.25, -0.2) is 9.78 Å². The molecule has 0 fully saturated rings. The molecule has 6 nitrogen and oxygen atoms in total. The number of esters is 1. The van der Waals surface area contributed by atoms with Crippen LogP contribution in [0, 0.1) is 26.8 Å². The number of hydrogen-bond donors (Lipinski definition) is 1. The average molecular weight is 399 g/mol. The van der Waals surface area contributed by atoms with E-state index >= 15 is 0 Å². The maximum absolute atomic E-state index is 12.2. The summed E-state index contributed by atoms with van der Waals surface area (Å²) in [5.74, 6) is 0.0449. The van der Waals surface area contributed by atoms with Crippen LogP contribution in [-0.2, 0) is 37.4 Å². The first-order chi connectivity index (χ1) is 11.0. The minimum atomic E-state index is -0.516. The molecule has 24 heavy (non-hydrogen) atoms. The quantitative estimate of drug-likeness (QED) is 0.537. The maximum atomic E-state index is 12.2. The maximum Gasteiger partial charge on any atom is 0.358 e. The molecule has 0 unspecified atom stereocenters. The summed E-state index contributed by atoms with van der Waals surface area (Å²) in [7, 11) is 1.33. The molecular formula is C17H16N3O3Y-. The van der Waals surface area contributed by atoms with Crippen LogP contribution in [0.5, 0.6) is 0 Å². The average Bonchev–Trinajstić information content (AvgIpc) is 2.92. The summed E-state index contributed by atoms with van der Waals surface area (Å²) in [5, 5.41) is 7.29. The molecule has 1 N–H and O–H groups in total. The molecule has 0 aliphatic carbocycles. The van der Waals surface area contributed by atoms with Gasteiger partial charge in [-0.15, -0.1) is 11.6 Å². The van der Waals surface area contributed by atoms with Gasteiger partial charge < -0.3 is 14.6 Å². The van der Waals surface area contributed by atoms with E-state index in [9.17, 15) is 4.79 Å². The van der Waals surface area contributed by atoms with E-state index in [1.165, 1.54) is 7.11 Å². The topological polar surface area (TPSA) is 77.2 Å². The summed E-state index contributed by atoms with van der Waals surface area (Å²) in [6, 6.07) is 8.55. The summed E-state index contributed by atoms with van der Waals surface area (Å²) in [6.45, 7) is 5.58. The van der Waals surface area contributed by atoms with Crippen molar-refractivity contribution >= 4 is 28.4 Å². The van der Waals surface area contributed by atoms with Gasteiger partial charge in [0.2, 0.25) is 0 Å². The zero-order chi connectivity index (χ0) is 16.6. The predicted molar refractivity (Wildman–Crippen MR) is 85.9 cm³/mol. The number of aromatic nitrogens is 2. The second-order valence-electron chi connectivity index (χ2n) is 5.25. The van der Waals surface area contributed by atoms with Crippen molar-refractivity contribution in [2.75, 3.05) is 12.4 Å². The molecular weight excluding hydrogens is 383 g/mol. The Kier molecular flexibility index (Phi) is 5.72. The number of carbonyl (C=O) groups is 1. The number of nitrogens with one attached hydrogen (secondary N) is 1. The van der Waals surface area contributed by atoms with E-state index in [0.717, 1.165) is 16.8 Å². The molecule has 1 radical (unpaired) electrons. The van der Waals surface area contributed by atoms with Crippen molar-refractivity contribution in [1.29, 1.82) is 0 Å². The Morgan fingerprint density at radius 2 is 2.04 bits per heavy atom. The van der Waals surface area contributed by atoms with Crippen LogP contribution in [0.2, 0.25) is 0 Å². The molecule has 7 heteroatoms. The fourth-order valence-corrected chi connectivity index (χ4v) is 2.39. The summed E-state index contributed by atoms with van der Waals surface area (Å²) in [6.07, 6.45) is 0. The van der Waals surface area contributed by atoms with E-state index < -0.39 is 5.97 Å². The first kappa shape index (κ1) is 18.6. The molecule has 121 valence electrons. The monoisotopic (exact) mass is 399 g/mol. The number of pyridine rings is 1. The smallest absolute Gasteiger partial charge is 0.358 e. The van der Waals surface area contributed by atoms with Crippen molar-refractivity contribution in [2.45, 2.75) is 20.8 Å². The predicted octanol–water partition coefficient (Wildman–Crippen LogP) is 3.48. The largest absolute Gasteiger partial charge is 0.464 e. The molecule has 0 aliphatic heterocycles. The Morgan fingerprint density at radius 1 is 1.29 bits per heavy atom. The minimum absolute atomic E-state index is 0. The summed E-state index contributed by atoms with van der Waals surface area (Å²) in [4.78, 5) is 16.5. The first-order valence-electron chi connectivity index (χ1n) is 7.11. The minimum Gasteiger partial charge on any atom is -0.464 e. The molecule has 0 atom stereocenters. The number of rotatable bonds is 3. The molecule has 0 spiro atoms. The van der Waals surface area contributed by atoms with Crippen LogP contribution in [0.25, 0.3) is 11.0 Å². The Balaban J connectivity index is 0.00000208. The SMILES string of the molecule is COC(=O)c1nc2c(C)onc2c(C)c1Nc1cc[c-]cc1C.[Y]. The third kappa shape index (κ3) is 3.21. The standard InChI is InChI=1S/C17H16N3O3.Y/c1-9-7-5-6-8-12(9)18-13-10(2)14-15(11(3)23-20-14)19-16(13)17(21)22-4;/h6-8,18H,1-4H3;/q-1;. The third-order valence-corrected chi connectivity index (χ3v) is 3.73. The molecule has 3 rings (SSSR count). The zero-order valence-electron chi connectivity index (χ0n) is 13.9. The van der Waals surface area contributed by atoms with Crippen LogP contribution >= 0.6 is 0 Å². The van der Waals surface area contributed by atoms with Gasteiger partial charge in [0.25, 0.3) is 0 Å². The van der Waals surface area contributed by atoms with Gasteiger partial charge in [0.15, 0.2) is 11.5 Å². The fraction of sp³-hybridized carbons (Fsp3) is 0.235. The zero-order valence-corrected chi connectivity index (χ0v) is 16.8. The number of methoxy groups -OCH3 is 1. The number of anilines is 2. The van der Waals surface area contributed by atoms with Gasteiger partial charge in [-0.1, -0.05) is 17.8 Å². The van der Waals surface area contributed by atoms with E-state index in [0.29, 0.717) is 22.5 Å². The molecule has 2 aromatic heterocycles. The van der Waals surface area contributed by atoms with Crippen LogP contribution in [-0.4, -0.2) is 23.2 Å². The Bertz CT molecular complexity index is 905. The van der Waals surface area contributed by atoms with Crippen LogP contribution in [0.1, 0.15) is 27.4 Å². The summed E-state index contributed by atoms with van der Waals surface area (Å²) >= 11 is 0. The summed E-state index contributed by atoms with van der Waals surface area (Å²) in [5.41, 5.74) is 4.59. The van der Waals surface area contributed by atoms with Gasteiger partial charge in [0.1, 0.15) is 11.0 Å². The number of aryl methyl sites for hydroxylation is 3. The summed E-state index contributed by atoms with van der Waals surface area (Å²) < 4.78 is 10.1. The Hall–Kier alpha value is -1.79. The van der Waals surface area contributed by atoms with E-state index in [1.807, 2.05) is 26.0 Å². The molecule has 2 heterocycles. The fourth-order valence-electron chi connectivity index (χ4n) is 2.39. The van der Waals surface area contributed by atoms with Gasteiger partial charge in [0, 0.05) is 38.3 Å². The van der Waals surface area contributed by atoms with Crippen molar-refractivity contribution in [1.82, 2.24) is 10.1 Å². The van der Waals surface area contributed by atoms with Gasteiger partial charge in [-0.05, 0) is 13.8 Å². The number of fused-ring (bicyclic) bond motifs is 1. The van der Waals surface area contributed by atoms with Gasteiger partial charge >= 0.3 is 5.97 Å². The normalized spacial score (nSPS) is 10.3. The first-order valence-corrected chi connectivity index (χ1v) is 7.11. The number of carbonyl (C=O) groups excluding carboxylic acids is 1. The van der Waals surface area contributed by atoms with Crippen LogP contribution in [0.4, 0.5) is 11.4 Å². The van der Waals surface area contributed by atoms with Crippen LogP contribution < -0.4 is 5.32 Å². The molecule has 3 aromatic rings.